The maximum Gasteiger partial charge on any atom is 0.303 e. The van der Waals surface area contributed by atoms with Gasteiger partial charge in [-0.1, -0.05) is 32.1 Å². The zero-order valence-corrected chi connectivity index (χ0v) is 11.6. The van der Waals surface area contributed by atoms with E-state index < -0.39 is 5.97 Å². The number of amides is 1. The predicted molar refractivity (Wildman–Crippen MR) is 73.4 cm³/mol. The highest BCUT2D eigenvalue weighted by molar-refractivity contribution is 5.78. The summed E-state index contributed by atoms with van der Waals surface area (Å²) in [6, 6.07) is -0.235. The molecule has 4 nitrogen and oxygen atoms in total. The van der Waals surface area contributed by atoms with E-state index in [9.17, 15) is 9.59 Å². The van der Waals surface area contributed by atoms with Crippen LogP contribution in [0.25, 0.3) is 0 Å². The first kappa shape index (κ1) is 15.6. The molecule has 1 saturated carbocycles. The first-order chi connectivity index (χ1) is 9.01. The van der Waals surface area contributed by atoms with Crippen LogP contribution < -0.4 is 5.32 Å². The Balaban J connectivity index is 2.57. The van der Waals surface area contributed by atoms with Crippen molar-refractivity contribution in [3.63, 3.8) is 0 Å². The van der Waals surface area contributed by atoms with E-state index in [1.54, 1.807) is 0 Å². The third-order valence-corrected chi connectivity index (χ3v) is 3.84. The number of carbonyl (C=O) groups is 2. The van der Waals surface area contributed by atoms with Crippen molar-refractivity contribution in [2.75, 3.05) is 0 Å². The van der Waals surface area contributed by atoms with Crippen molar-refractivity contribution in [3.05, 3.63) is 0 Å². The van der Waals surface area contributed by atoms with Crippen LogP contribution in [0.3, 0.4) is 0 Å². The highest BCUT2D eigenvalue weighted by Gasteiger charge is 2.38. The zero-order valence-electron chi connectivity index (χ0n) is 11.6. The van der Waals surface area contributed by atoms with Crippen LogP contribution >= 0.6 is 0 Å². The number of terminal acetylenes is 1. The van der Waals surface area contributed by atoms with Gasteiger partial charge in [-0.3, -0.25) is 9.59 Å². The van der Waals surface area contributed by atoms with Gasteiger partial charge in [0, 0.05) is 6.42 Å². The minimum atomic E-state index is -0.822. The van der Waals surface area contributed by atoms with Crippen LogP contribution in [-0.4, -0.2) is 23.0 Å². The second kappa shape index (κ2) is 7.18. The van der Waals surface area contributed by atoms with Crippen molar-refractivity contribution in [1.82, 2.24) is 5.32 Å². The van der Waals surface area contributed by atoms with E-state index in [2.05, 4.69) is 11.2 Å². The fourth-order valence-corrected chi connectivity index (χ4v) is 2.93. The van der Waals surface area contributed by atoms with Gasteiger partial charge >= 0.3 is 5.97 Å². The summed E-state index contributed by atoms with van der Waals surface area (Å²) in [5.41, 5.74) is -0.360. The molecule has 1 aliphatic carbocycles. The molecule has 0 spiro atoms. The molecule has 1 amide bonds. The van der Waals surface area contributed by atoms with Crippen molar-refractivity contribution < 1.29 is 14.7 Å². The van der Waals surface area contributed by atoms with Gasteiger partial charge in [-0.05, 0) is 24.7 Å². The topological polar surface area (TPSA) is 66.4 Å². The molecule has 1 aliphatic rings. The van der Waals surface area contributed by atoms with Crippen LogP contribution in [0.4, 0.5) is 0 Å². The lowest BCUT2D eigenvalue weighted by Gasteiger charge is -2.27. The van der Waals surface area contributed by atoms with Gasteiger partial charge in [0.2, 0.25) is 5.91 Å². The van der Waals surface area contributed by atoms with E-state index in [-0.39, 0.29) is 30.2 Å². The average molecular weight is 265 g/mol. The molecule has 4 heteroatoms. The molecular weight excluding hydrogens is 242 g/mol. The van der Waals surface area contributed by atoms with Gasteiger partial charge < -0.3 is 10.4 Å². The number of carboxylic acid groups (broad SMARTS) is 1. The van der Waals surface area contributed by atoms with Gasteiger partial charge in [-0.15, -0.1) is 6.42 Å². The molecular formula is C15H23NO3. The lowest BCUT2D eigenvalue weighted by molar-refractivity contribution is -0.140. The molecule has 1 fully saturated rings. The molecule has 0 bridgehead atoms. The molecule has 0 aromatic rings. The standard InChI is InChI=1S/C15H23NO3/c1-3-7-12(4-2)16-13(17)10-15(11-14(18)19)8-5-6-9-15/h2,12H,3,5-11H2,1H3,(H,16,17)(H,18,19). The van der Waals surface area contributed by atoms with E-state index in [0.717, 1.165) is 38.5 Å². The fourth-order valence-electron chi connectivity index (χ4n) is 2.93. The van der Waals surface area contributed by atoms with Crippen molar-refractivity contribution in [1.29, 1.82) is 0 Å². The smallest absolute Gasteiger partial charge is 0.303 e. The average Bonchev–Trinajstić information content (AvgIpc) is 2.75. The fraction of sp³-hybridized carbons (Fsp3) is 0.733. The maximum atomic E-state index is 12.0. The van der Waals surface area contributed by atoms with Crippen LogP contribution in [-0.2, 0) is 9.59 Å². The van der Waals surface area contributed by atoms with E-state index >= 15 is 0 Å². The number of aliphatic carboxylic acids is 1. The van der Waals surface area contributed by atoms with Gasteiger partial charge in [0.25, 0.3) is 0 Å². The monoisotopic (exact) mass is 265 g/mol. The Morgan fingerprint density at radius 3 is 2.47 bits per heavy atom. The normalized spacial score (nSPS) is 18.5. The number of nitrogens with one attached hydrogen (secondary N) is 1. The molecule has 19 heavy (non-hydrogen) atoms. The summed E-state index contributed by atoms with van der Waals surface area (Å²) >= 11 is 0. The lowest BCUT2D eigenvalue weighted by atomic mass is 9.79. The van der Waals surface area contributed by atoms with Crippen molar-refractivity contribution in [2.24, 2.45) is 5.41 Å². The Kier molecular flexibility index (Phi) is 5.88. The number of rotatable bonds is 7. The molecule has 106 valence electrons. The van der Waals surface area contributed by atoms with Crippen LogP contribution in [0.1, 0.15) is 58.3 Å². The first-order valence-electron chi connectivity index (χ1n) is 6.98. The predicted octanol–water partition coefficient (Wildman–Crippen LogP) is 2.33. The van der Waals surface area contributed by atoms with E-state index in [1.165, 1.54) is 0 Å². The summed E-state index contributed by atoms with van der Waals surface area (Å²) in [4.78, 5) is 23.0. The highest BCUT2D eigenvalue weighted by Crippen LogP contribution is 2.44. The molecule has 0 heterocycles. The quantitative estimate of drug-likeness (QED) is 0.694. The molecule has 0 aromatic heterocycles. The molecule has 0 saturated heterocycles. The SMILES string of the molecule is C#CC(CCC)NC(=O)CC1(CC(=O)O)CCCC1. The van der Waals surface area contributed by atoms with Crippen molar-refractivity contribution in [3.8, 4) is 12.3 Å². The Morgan fingerprint density at radius 2 is 2.00 bits per heavy atom. The number of hydrogen-bond donors (Lipinski definition) is 2. The maximum absolute atomic E-state index is 12.0. The third-order valence-electron chi connectivity index (χ3n) is 3.84. The minimum Gasteiger partial charge on any atom is -0.481 e. The summed E-state index contributed by atoms with van der Waals surface area (Å²) in [6.07, 6.45) is 11.1. The Bertz CT molecular complexity index is 364. The first-order valence-corrected chi connectivity index (χ1v) is 6.98. The summed E-state index contributed by atoms with van der Waals surface area (Å²) in [7, 11) is 0. The Morgan fingerprint density at radius 1 is 1.37 bits per heavy atom. The van der Waals surface area contributed by atoms with Crippen molar-refractivity contribution in [2.45, 2.75) is 64.3 Å². The van der Waals surface area contributed by atoms with Gasteiger partial charge in [-0.2, -0.15) is 0 Å². The summed E-state index contributed by atoms with van der Waals surface area (Å²) in [5, 5.41) is 11.8. The van der Waals surface area contributed by atoms with E-state index in [0.29, 0.717) is 0 Å². The van der Waals surface area contributed by atoms with Gasteiger partial charge in [0.05, 0.1) is 12.5 Å². The minimum absolute atomic E-state index is 0.0783. The second-order valence-electron chi connectivity index (χ2n) is 5.53. The Hall–Kier alpha value is -1.50. The van der Waals surface area contributed by atoms with Gasteiger partial charge in [0.15, 0.2) is 0 Å². The second-order valence-corrected chi connectivity index (χ2v) is 5.53. The summed E-state index contributed by atoms with van der Waals surface area (Å²) in [5.74, 6) is 1.63. The van der Waals surface area contributed by atoms with Gasteiger partial charge in [-0.25, -0.2) is 0 Å². The third kappa shape index (κ3) is 4.94. The van der Waals surface area contributed by atoms with Crippen LogP contribution in [0.15, 0.2) is 0 Å². The van der Waals surface area contributed by atoms with E-state index in [4.69, 9.17) is 11.5 Å². The van der Waals surface area contributed by atoms with Crippen LogP contribution in [0, 0.1) is 17.8 Å². The molecule has 2 N–H and O–H groups in total. The molecule has 1 unspecified atom stereocenters. The molecule has 0 radical (unpaired) electrons. The van der Waals surface area contributed by atoms with Crippen molar-refractivity contribution >= 4 is 11.9 Å². The number of carbonyl (C=O) groups excluding carboxylic acids is 1. The summed E-state index contributed by atoms with van der Waals surface area (Å²) in [6.45, 7) is 2.01. The van der Waals surface area contributed by atoms with Crippen LogP contribution in [0.2, 0.25) is 0 Å². The molecule has 1 atom stereocenters. The molecule has 0 aliphatic heterocycles. The summed E-state index contributed by atoms with van der Waals surface area (Å²) < 4.78 is 0. The molecule has 1 rings (SSSR count). The van der Waals surface area contributed by atoms with Crippen LogP contribution in [0.5, 0.6) is 0 Å². The van der Waals surface area contributed by atoms with Gasteiger partial charge in [0.1, 0.15) is 0 Å². The number of hydrogen-bond acceptors (Lipinski definition) is 2. The largest absolute Gasteiger partial charge is 0.481 e. The molecule has 0 aromatic carbocycles. The Labute approximate surface area is 115 Å². The zero-order chi connectivity index (χ0) is 14.3. The lowest BCUT2D eigenvalue weighted by Crippen LogP contribution is -2.37. The van der Waals surface area contributed by atoms with E-state index in [1.807, 2.05) is 6.92 Å². The number of carboxylic acids is 1. The highest BCUT2D eigenvalue weighted by atomic mass is 16.4.